The summed E-state index contributed by atoms with van der Waals surface area (Å²) in [4.78, 5) is 29.2. The van der Waals surface area contributed by atoms with Crippen molar-refractivity contribution in [2.75, 3.05) is 12.0 Å². The van der Waals surface area contributed by atoms with Gasteiger partial charge in [0, 0.05) is 5.69 Å². The minimum atomic E-state index is -0.932. The molecule has 0 bridgehead atoms. The van der Waals surface area contributed by atoms with E-state index in [2.05, 4.69) is 4.98 Å². The van der Waals surface area contributed by atoms with Gasteiger partial charge < -0.3 is 14.6 Å². The van der Waals surface area contributed by atoms with E-state index in [1.807, 2.05) is 51.1 Å². The first kappa shape index (κ1) is 21.4. The lowest BCUT2D eigenvalue weighted by atomic mass is 10.0. The number of pyridine rings is 1. The zero-order valence-corrected chi connectivity index (χ0v) is 16.6. The highest BCUT2D eigenvalue weighted by Crippen LogP contribution is 2.25. The van der Waals surface area contributed by atoms with Gasteiger partial charge in [-0.3, -0.25) is 14.7 Å². The molecule has 2 aromatic rings. The van der Waals surface area contributed by atoms with Gasteiger partial charge >= 0.3 is 12.1 Å². The fraction of sp³-hybridized carbons (Fsp3) is 0.381. The zero-order chi connectivity index (χ0) is 20.7. The molecular formula is C21H26N2O5. The molecule has 1 N–H and O–H groups in total. The fourth-order valence-electron chi connectivity index (χ4n) is 2.80. The van der Waals surface area contributed by atoms with Crippen molar-refractivity contribution in [1.82, 2.24) is 4.98 Å². The van der Waals surface area contributed by atoms with Crippen molar-refractivity contribution in [2.45, 2.75) is 45.9 Å². The number of nitrogens with zero attached hydrogens (tertiary/aromatic N) is 2. The maximum absolute atomic E-state index is 12.3. The average Bonchev–Trinajstić information content (AvgIpc) is 2.65. The second-order valence-electron chi connectivity index (χ2n) is 6.73. The lowest BCUT2D eigenvalue weighted by Crippen LogP contribution is -2.30. The summed E-state index contributed by atoms with van der Waals surface area (Å²) >= 11 is 0. The number of aromatic nitrogens is 1. The predicted molar refractivity (Wildman–Crippen MR) is 105 cm³/mol. The van der Waals surface area contributed by atoms with E-state index < -0.39 is 18.2 Å². The smallest absolute Gasteiger partial charge is 0.414 e. The Balaban J connectivity index is 2.30. The lowest BCUT2D eigenvalue weighted by Gasteiger charge is -2.23. The van der Waals surface area contributed by atoms with E-state index in [0.29, 0.717) is 5.69 Å². The molecule has 150 valence electrons. The summed E-state index contributed by atoms with van der Waals surface area (Å²) in [5, 5.41) is 9.19. The van der Waals surface area contributed by atoms with Gasteiger partial charge in [-0.25, -0.2) is 4.79 Å². The number of carboxylic acids is 1. The van der Waals surface area contributed by atoms with Gasteiger partial charge in [-0.1, -0.05) is 24.3 Å². The quantitative estimate of drug-likeness (QED) is 0.735. The third-order valence-electron chi connectivity index (χ3n) is 4.06. The van der Waals surface area contributed by atoms with Crippen molar-refractivity contribution >= 4 is 17.7 Å². The summed E-state index contributed by atoms with van der Waals surface area (Å²) in [6.45, 7) is 5.85. The number of anilines is 1. The number of methoxy groups -OCH3 is 1. The van der Waals surface area contributed by atoms with E-state index in [1.165, 1.54) is 12.0 Å². The zero-order valence-electron chi connectivity index (χ0n) is 16.6. The first-order chi connectivity index (χ1) is 13.3. The van der Waals surface area contributed by atoms with Crippen molar-refractivity contribution in [3.63, 3.8) is 0 Å². The molecule has 1 aromatic carbocycles. The minimum absolute atomic E-state index is 0.113. The molecule has 0 aliphatic heterocycles. The van der Waals surface area contributed by atoms with Crippen LogP contribution >= 0.6 is 0 Å². The van der Waals surface area contributed by atoms with Gasteiger partial charge in [-0.2, -0.15) is 0 Å². The van der Waals surface area contributed by atoms with Crippen LogP contribution in [0, 0.1) is 6.92 Å². The van der Waals surface area contributed by atoms with Crippen LogP contribution in [0.25, 0.3) is 0 Å². The summed E-state index contributed by atoms with van der Waals surface area (Å²) in [5.41, 5.74) is 3.04. The molecule has 0 spiro atoms. The monoisotopic (exact) mass is 386 g/mol. The maximum atomic E-state index is 12.3. The minimum Gasteiger partial charge on any atom is -0.481 e. The summed E-state index contributed by atoms with van der Waals surface area (Å²) in [7, 11) is 1.33. The van der Waals surface area contributed by atoms with Crippen molar-refractivity contribution in [1.29, 1.82) is 0 Å². The van der Waals surface area contributed by atoms with Crippen molar-refractivity contribution in [3.8, 4) is 0 Å². The highest BCUT2D eigenvalue weighted by Gasteiger charge is 2.20. The van der Waals surface area contributed by atoms with Gasteiger partial charge in [0.1, 0.15) is 0 Å². The van der Waals surface area contributed by atoms with Gasteiger partial charge in [-0.05, 0) is 44.0 Å². The summed E-state index contributed by atoms with van der Waals surface area (Å²) in [6.07, 6.45) is 0.301. The molecule has 7 heteroatoms. The van der Waals surface area contributed by atoms with Crippen LogP contribution in [-0.4, -0.2) is 35.4 Å². The molecule has 0 unspecified atom stereocenters. The molecule has 0 aliphatic carbocycles. The third-order valence-corrected chi connectivity index (χ3v) is 4.06. The Morgan fingerprint density at radius 3 is 2.54 bits per heavy atom. The second kappa shape index (κ2) is 9.85. The number of carbonyl (C=O) groups is 2. The topological polar surface area (TPSA) is 89.0 Å². The number of aliphatic carboxylic acids is 1. The van der Waals surface area contributed by atoms with Crippen LogP contribution in [0.2, 0.25) is 0 Å². The summed E-state index contributed by atoms with van der Waals surface area (Å²) in [6, 6.07) is 11.0. The van der Waals surface area contributed by atoms with Crippen molar-refractivity contribution in [2.24, 2.45) is 0 Å². The van der Waals surface area contributed by atoms with E-state index in [0.717, 1.165) is 16.8 Å². The number of hydrogen-bond donors (Lipinski definition) is 1. The number of ether oxygens (including phenoxy) is 2. The molecule has 1 amide bonds. The largest absolute Gasteiger partial charge is 0.481 e. The van der Waals surface area contributed by atoms with Crippen molar-refractivity contribution < 1.29 is 24.2 Å². The van der Waals surface area contributed by atoms with Crippen LogP contribution in [0.3, 0.4) is 0 Å². The molecule has 2 rings (SSSR count). The van der Waals surface area contributed by atoms with Crippen LogP contribution < -0.4 is 4.90 Å². The Bertz CT molecular complexity index is 805. The predicted octanol–water partition coefficient (Wildman–Crippen LogP) is 4.10. The van der Waals surface area contributed by atoms with E-state index >= 15 is 0 Å². The maximum Gasteiger partial charge on any atom is 0.414 e. The van der Waals surface area contributed by atoms with Gasteiger partial charge in [0.2, 0.25) is 0 Å². The Morgan fingerprint density at radius 2 is 1.96 bits per heavy atom. The van der Waals surface area contributed by atoms with Gasteiger partial charge in [0.15, 0.2) is 0 Å². The average molecular weight is 386 g/mol. The van der Waals surface area contributed by atoms with E-state index in [-0.39, 0.29) is 19.1 Å². The first-order valence-electron chi connectivity index (χ1n) is 9.04. The highest BCUT2D eigenvalue weighted by molar-refractivity contribution is 5.87. The Kier molecular flexibility index (Phi) is 7.52. The number of benzene rings is 1. The number of carbonyl (C=O) groups excluding carboxylic acids is 1. The SMILES string of the molecule is COC(=O)N(Cc1cccc([C@H](CC(=O)O)OC(C)C)c1)c1ccc(C)nc1. The molecule has 1 heterocycles. The molecule has 0 aliphatic rings. The van der Waals surface area contributed by atoms with Gasteiger partial charge in [0.25, 0.3) is 0 Å². The van der Waals surface area contributed by atoms with Gasteiger partial charge in [-0.15, -0.1) is 0 Å². The molecule has 0 radical (unpaired) electrons. The molecule has 7 nitrogen and oxygen atoms in total. The Morgan fingerprint density at radius 1 is 1.21 bits per heavy atom. The molecule has 0 saturated heterocycles. The van der Waals surface area contributed by atoms with Crippen LogP contribution in [-0.2, 0) is 20.8 Å². The molecule has 0 fully saturated rings. The first-order valence-corrected chi connectivity index (χ1v) is 9.04. The van der Waals surface area contributed by atoms with Crippen LogP contribution in [0.15, 0.2) is 42.6 Å². The number of hydrogen-bond acceptors (Lipinski definition) is 5. The van der Waals surface area contributed by atoms with Crippen LogP contribution in [0.5, 0.6) is 0 Å². The third kappa shape index (κ3) is 6.06. The molecule has 28 heavy (non-hydrogen) atoms. The Labute approximate surface area is 164 Å². The van der Waals surface area contributed by atoms with Crippen LogP contribution in [0.1, 0.15) is 43.2 Å². The number of carboxylic acid groups (broad SMARTS) is 1. The number of rotatable bonds is 8. The lowest BCUT2D eigenvalue weighted by molar-refractivity contribution is -0.141. The molecule has 0 saturated carbocycles. The highest BCUT2D eigenvalue weighted by atomic mass is 16.5. The Hall–Kier alpha value is -2.93. The fourth-order valence-corrected chi connectivity index (χ4v) is 2.80. The van der Waals surface area contributed by atoms with Gasteiger partial charge in [0.05, 0.1) is 44.2 Å². The van der Waals surface area contributed by atoms with Crippen LogP contribution in [0.4, 0.5) is 10.5 Å². The second-order valence-corrected chi connectivity index (χ2v) is 6.73. The molecule has 1 atom stereocenters. The van der Waals surface area contributed by atoms with Crippen molar-refractivity contribution in [3.05, 3.63) is 59.4 Å². The number of aryl methyl sites for hydroxylation is 1. The summed E-state index contributed by atoms with van der Waals surface area (Å²) < 4.78 is 10.7. The summed E-state index contributed by atoms with van der Waals surface area (Å²) in [5.74, 6) is -0.932. The molecule has 1 aromatic heterocycles. The van der Waals surface area contributed by atoms with E-state index in [9.17, 15) is 14.7 Å². The standard InChI is InChI=1S/C21H26N2O5/c1-14(2)28-19(11-20(24)25)17-7-5-6-16(10-17)13-23(21(26)27-4)18-9-8-15(3)22-12-18/h5-10,12,14,19H,11,13H2,1-4H3,(H,24,25)/t19-/m0/s1. The molecular weight excluding hydrogens is 360 g/mol. The normalized spacial score (nSPS) is 11.9. The number of amides is 1. The van der Waals surface area contributed by atoms with E-state index in [1.54, 1.807) is 12.3 Å². The van der Waals surface area contributed by atoms with E-state index in [4.69, 9.17) is 9.47 Å².